The number of pyridine rings is 1. The molecule has 0 amide bonds. The largest absolute Gasteiger partial charge is 0.481 e. The zero-order valence-corrected chi connectivity index (χ0v) is 19.4. The minimum atomic E-state index is -0.678. The minimum Gasteiger partial charge on any atom is -0.481 e. The van der Waals surface area contributed by atoms with E-state index < -0.39 is 11.4 Å². The molecule has 1 saturated heterocycles. The molecule has 5 rings (SSSR count). The third-order valence-corrected chi connectivity index (χ3v) is 7.36. The summed E-state index contributed by atoms with van der Waals surface area (Å²) >= 11 is 0. The Kier molecular flexibility index (Phi) is 5.83. The standard InChI is InChI=1S/C26H32N4O3/c1-17-3-5-21-22(15-17)29-24(28-21)18-4-6-23(27-16-18)30-13-9-20(10-14-30)33-19-7-11-26(2,12-8-19)25(31)32/h3-6,15-16,19-20H,7-14H2,1-2H3,(H,28,29)(H,31,32)/t19-,26+. The zero-order chi connectivity index (χ0) is 23.0. The van der Waals surface area contributed by atoms with Crippen LogP contribution >= 0.6 is 0 Å². The average molecular weight is 449 g/mol. The third kappa shape index (κ3) is 4.60. The Morgan fingerprint density at radius 2 is 1.85 bits per heavy atom. The Morgan fingerprint density at radius 3 is 2.52 bits per heavy atom. The van der Waals surface area contributed by atoms with Crippen LogP contribution in [0.2, 0.25) is 0 Å². The lowest BCUT2D eigenvalue weighted by Gasteiger charge is -2.38. The number of benzene rings is 1. The summed E-state index contributed by atoms with van der Waals surface area (Å²) in [6, 6.07) is 10.4. The van der Waals surface area contributed by atoms with Crippen LogP contribution in [0.15, 0.2) is 36.5 Å². The number of H-pyrrole nitrogens is 1. The number of aryl methyl sites for hydroxylation is 1. The van der Waals surface area contributed by atoms with Gasteiger partial charge in [-0.3, -0.25) is 4.79 Å². The van der Waals surface area contributed by atoms with Gasteiger partial charge in [-0.25, -0.2) is 9.97 Å². The predicted octanol–water partition coefficient (Wildman–Crippen LogP) is 4.95. The number of anilines is 1. The van der Waals surface area contributed by atoms with Gasteiger partial charge in [0.1, 0.15) is 11.6 Å². The van der Waals surface area contributed by atoms with E-state index >= 15 is 0 Å². The maximum atomic E-state index is 11.4. The number of carbonyl (C=O) groups is 1. The van der Waals surface area contributed by atoms with Gasteiger partial charge in [0.25, 0.3) is 0 Å². The highest BCUT2D eigenvalue weighted by atomic mass is 16.5. The SMILES string of the molecule is Cc1ccc2nc(-c3ccc(N4CCC(O[C@H]5CC[C@@](C)(C(=O)O)CC5)CC4)nc3)[nH]c2c1. The van der Waals surface area contributed by atoms with Crippen molar-refractivity contribution in [3.05, 3.63) is 42.1 Å². The number of carboxylic acids is 1. The van der Waals surface area contributed by atoms with Crippen LogP contribution in [0.5, 0.6) is 0 Å². The highest BCUT2D eigenvalue weighted by Crippen LogP contribution is 2.38. The molecule has 0 unspecified atom stereocenters. The summed E-state index contributed by atoms with van der Waals surface area (Å²) in [4.78, 5) is 26.5. The maximum absolute atomic E-state index is 11.4. The molecule has 1 saturated carbocycles. The van der Waals surface area contributed by atoms with Crippen LogP contribution in [0.25, 0.3) is 22.4 Å². The maximum Gasteiger partial charge on any atom is 0.309 e. The Balaban J connectivity index is 1.15. The Morgan fingerprint density at radius 1 is 1.12 bits per heavy atom. The fourth-order valence-electron chi connectivity index (χ4n) is 5.04. The van der Waals surface area contributed by atoms with E-state index in [1.807, 2.05) is 19.2 Å². The van der Waals surface area contributed by atoms with Crippen LogP contribution in [-0.4, -0.2) is 51.3 Å². The van der Waals surface area contributed by atoms with Crippen LogP contribution in [0, 0.1) is 12.3 Å². The first-order valence-corrected chi connectivity index (χ1v) is 12.0. The summed E-state index contributed by atoms with van der Waals surface area (Å²) in [6.07, 6.45) is 7.36. The normalized spacial score (nSPS) is 24.3. The van der Waals surface area contributed by atoms with Gasteiger partial charge >= 0.3 is 5.97 Å². The molecular formula is C26H32N4O3. The second-order valence-corrected chi connectivity index (χ2v) is 9.90. The molecule has 7 nitrogen and oxygen atoms in total. The molecule has 1 aromatic carbocycles. The van der Waals surface area contributed by atoms with Crippen LogP contribution < -0.4 is 4.90 Å². The number of ether oxygens (including phenoxy) is 1. The van der Waals surface area contributed by atoms with Gasteiger partial charge in [-0.2, -0.15) is 0 Å². The summed E-state index contributed by atoms with van der Waals surface area (Å²) in [5, 5.41) is 9.41. The summed E-state index contributed by atoms with van der Waals surface area (Å²) < 4.78 is 6.35. The van der Waals surface area contributed by atoms with Gasteiger partial charge in [-0.05, 0) is 82.2 Å². The number of aromatic nitrogens is 3. The quantitative estimate of drug-likeness (QED) is 0.574. The molecule has 3 heterocycles. The van der Waals surface area contributed by atoms with Crippen LogP contribution in [0.3, 0.4) is 0 Å². The van der Waals surface area contributed by atoms with Gasteiger partial charge in [-0.15, -0.1) is 0 Å². The summed E-state index contributed by atoms with van der Waals surface area (Å²) in [6.45, 7) is 5.77. The third-order valence-electron chi connectivity index (χ3n) is 7.36. The van der Waals surface area contributed by atoms with Crippen molar-refractivity contribution in [2.75, 3.05) is 18.0 Å². The number of fused-ring (bicyclic) bond motifs is 1. The van der Waals surface area contributed by atoms with Crippen molar-refractivity contribution in [2.24, 2.45) is 5.41 Å². The fraction of sp³-hybridized carbons (Fsp3) is 0.500. The molecule has 0 spiro atoms. The molecule has 2 aromatic heterocycles. The zero-order valence-electron chi connectivity index (χ0n) is 19.4. The number of aliphatic carboxylic acids is 1. The molecule has 2 N–H and O–H groups in total. The van der Waals surface area contributed by atoms with Crippen molar-refractivity contribution in [2.45, 2.75) is 64.6 Å². The van der Waals surface area contributed by atoms with E-state index in [0.29, 0.717) is 12.8 Å². The number of hydrogen-bond donors (Lipinski definition) is 2. The number of hydrogen-bond acceptors (Lipinski definition) is 5. The number of aromatic amines is 1. The molecular weight excluding hydrogens is 416 g/mol. The molecule has 1 aliphatic heterocycles. The van der Waals surface area contributed by atoms with Gasteiger partial charge in [0.15, 0.2) is 0 Å². The van der Waals surface area contributed by atoms with Gasteiger partial charge in [0.2, 0.25) is 0 Å². The number of carboxylic acid groups (broad SMARTS) is 1. The van der Waals surface area contributed by atoms with Gasteiger partial charge in [-0.1, -0.05) is 6.07 Å². The van der Waals surface area contributed by atoms with E-state index in [0.717, 1.165) is 67.0 Å². The Bertz CT molecular complexity index is 1120. The molecule has 1 aliphatic carbocycles. The molecule has 0 radical (unpaired) electrons. The monoisotopic (exact) mass is 448 g/mol. The van der Waals surface area contributed by atoms with Gasteiger partial charge in [0, 0.05) is 24.8 Å². The first-order chi connectivity index (χ1) is 15.9. The average Bonchev–Trinajstić information content (AvgIpc) is 3.24. The molecule has 7 heteroatoms. The Labute approximate surface area is 194 Å². The summed E-state index contributed by atoms with van der Waals surface area (Å²) in [5.74, 6) is 1.15. The fourth-order valence-corrected chi connectivity index (χ4v) is 5.04. The summed E-state index contributed by atoms with van der Waals surface area (Å²) in [7, 11) is 0. The highest BCUT2D eigenvalue weighted by Gasteiger charge is 2.38. The van der Waals surface area contributed by atoms with Crippen LogP contribution in [0.4, 0.5) is 5.82 Å². The van der Waals surface area contributed by atoms with Gasteiger partial charge in [0.05, 0.1) is 28.7 Å². The van der Waals surface area contributed by atoms with Gasteiger partial charge < -0.3 is 19.7 Å². The smallest absolute Gasteiger partial charge is 0.309 e. The molecule has 2 fully saturated rings. The first kappa shape index (κ1) is 21.9. The minimum absolute atomic E-state index is 0.194. The van der Waals surface area contributed by atoms with Crippen molar-refractivity contribution in [1.82, 2.24) is 15.0 Å². The molecule has 174 valence electrons. The summed E-state index contributed by atoms with van der Waals surface area (Å²) in [5.41, 5.74) is 3.62. The van der Waals surface area contributed by atoms with E-state index in [-0.39, 0.29) is 12.2 Å². The lowest BCUT2D eigenvalue weighted by Crippen LogP contribution is -2.41. The van der Waals surface area contributed by atoms with Crippen molar-refractivity contribution < 1.29 is 14.6 Å². The van der Waals surface area contributed by atoms with Crippen molar-refractivity contribution in [3.8, 4) is 11.4 Å². The lowest BCUT2D eigenvalue weighted by atomic mass is 9.75. The van der Waals surface area contributed by atoms with Crippen molar-refractivity contribution in [3.63, 3.8) is 0 Å². The number of nitrogens with zero attached hydrogens (tertiary/aromatic N) is 3. The molecule has 3 aromatic rings. The van der Waals surface area contributed by atoms with E-state index in [9.17, 15) is 9.90 Å². The number of rotatable bonds is 5. The second kappa shape index (κ2) is 8.78. The second-order valence-electron chi connectivity index (χ2n) is 9.90. The van der Waals surface area contributed by atoms with Crippen LogP contribution in [-0.2, 0) is 9.53 Å². The highest BCUT2D eigenvalue weighted by molar-refractivity contribution is 5.80. The number of imidazole rings is 1. The van der Waals surface area contributed by atoms with Crippen LogP contribution in [0.1, 0.15) is 51.0 Å². The lowest BCUT2D eigenvalue weighted by molar-refractivity contribution is -0.152. The van der Waals surface area contributed by atoms with E-state index in [1.54, 1.807) is 0 Å². The van der Waals surface area contributed by atoms with Crippen molar-refractivity contribution >= 4 is 22.8 Å². The molecule has 2 aliphatic rings. The van der Waals surface area contributed by atoms with E-state index in [1.165, 1.54) is 5.56 Å². The number of nitrogens with one attached hydrogen (secondary N) is 1. The van der Waals surface area contributed by atoms with E-state index in [2.05, 4.69) is 41.1 Å². The predicted molar refractivity (Wildman–Crippen MR) is 128 cm³/mol. The molecule has 33 heavy (non-hydrogen) atoms. The first-order valence-electron chi connectivity index (χ1n) is 12.0. The Hall–Kier alpha value is -2.93. The van der Waals surface area contributed by atoms with Crippen molar-refractivity contribution in [1.29, 1.82) is 0 Å². The van der Waals surface area contributed by atoms with E-state index in [4.69, 9.17) is 14.7 Å². The number of piperidine rings is 1. The topological polar surface area (TPSA) is 91.3 Å². The molecule has 0 atom stereocenters. The molecule has 0 bridgehead atoms.